The van der Waals surface area contributed by atoms with E-state index in [1.165, 1.54) is 12.1 Å². The molecule has 4 aromatic rings. The average Bonchev–Trinajstić information content (AvgIpc) is 3.38. The van der Waals surface area contributed by atoms with E-state index in [-0.39, 0.29) is 0 Å². The number of aromatic nitrogens is 4. The number of fused-ring (bicyclic) bond motifs is 1. The van der Waals surface area contributed by atoms with Crippen molar-refractivity contribution in [1.82, 2.24) is 24.4 Å². The summed E-state index contributed by atoms with van der Waals surface area (Å²) < 4.78 is 7.12. The summed E-state index contributed by atoms with van der Waals surface area (Å²) in [6.45, 7) is 2.93. The van der Waals surface area contributed by atoms with E-state index in [1.807, 2.05) is 12.1 Å². The molecule has 0 atom stereocenters. The Morgan fingerprint density at radius 1 is 1.00 bits per heavy atom. The van der Waals surface area contributed by atoms with Gasteiger partial charge in [-0.1, -0.05) is 41.6 Å². The van der Waals surface area contributed by atoms with Crippen LogP contribution < -0.4 is 0 Å². The Kier molecular flexibility index (Phi) is 4.18. The first kappa shape index (κ1) is 16.2. The van der Waals surface area contributed by atoms with Crippen LogP contribution in [0, 0.1) is 0 Å². The van der Waals surface area contributed by atoms with Gasteiger partial charge in [0.25, 0.3) is 0 Å². The summed E-state index contributed by atoms with van der Waals surface area (Å²) in [5.41, 5.74) is 4.47. The van der Waals surface area contributed by atoms with Crippen LogP contribution in [0.2, 0.25) is 0 Å². The maximum Gasteiger partial charge on any atom is 0.213 e. The van der Waals surface area contributed by atoms with Crippen molar-refractivity contribution in [2.75, 3.05) is 13.1 Å². The Balaban J connectivity index is 1.42. The van der Waals surface area contributed by atoms with Gasteiger partial charge in [0.05, 0.1) is 11.4 Å². The third kappa shape index (κ3) is 3.13. The maximum absolute atomic E-state index is 4.91. The number of hydrogen-bond acceptors (Lipinski definition) is 5. The summed E-state index contributed by atoms with van der Waals surface area (Å²) in [5.74, 6) is 1.24. The molecule has 1 aromatic carbocycles. The quantitative estimate of drug-likeness (QED) is 0.555. The fourth-order valence-corrected chi connectivity index (χ4v) is 3.94. The standard InChI is InChI=1S/C21H21N5O/c1-2-6-16(7-3-1)20-18(26-11-5-4-8-19(26)23-20)14-25-12-9-17(10-13-25)21-22-15-27-24-21/h1-8,11,15,17H,9-10,12-14H2. The van der Waals surface area contributed by atoms with Crippen LogP contribution in [-0.2, 0) is 6.54 Å². The highest BCUT2D eigenvalue weighted by atomic mass is 16.5. The summed E-state index contributed by atoms with van der Waals surface area (Å²) in [6, 6.07) is 16.6. The van der Waals surface area contributed by atoms with Crippen LogP contribution >= 0.6 is 0 Å². The molecule has 0 aliphatic carbocycles. The van der Waals surface area contributed by atoms with E-state index in [0.717, 1.165) is 55.2 Å². The van der Waals surface area contributed by atoms with Crippen LogP contribution in [-0.4, -0.2) is 37.5 Å². The number of nitrogens with zero attached hydrogens (tertiary/aromatic N) is 5. The summed E-state index contributed by atoms with van der Waals surface area (Å²) in [4.78, 5) is 11.6. The Labute approximate surface area is 157 Å². The molecule has 0 saturated carbocycles. The Hall–Kier alpha value is -2.99. The number of likely N-dealkylation sites (tertiary alicyclic amines) is 1. The molecule has 1 fully saturated rings. The van der Waals surface area contributed by atoms with Gasteiger partial charge in [0.15, 0.2) is 5.82 Å². The molecule has 6 heteroatoms. The van der Waals surface area contributed by atoms with Crippen molar-refractivity contribution in [2.45, 2.75) is 25.3 Å². The minimum absolute atomic E-state index is 0.399. The van der Waals surface area contributed by atoms with E-state index in [0.29, 0.717) is 5.92 Å². The molecule has 1 saturated heterocycles. The molecular weight excluding hydrogens is 338 g/mol. The fourth-order valence-electron chi connectivity index (χ4n) is 3.94. The predicted molar refractivity (Wildman–Crippen MR) is 102 cm³/mol. The number of rotatable bonds is 4. The van der Waals surface area contributed by atoms with Gasteiger partial charge in [-0.3, -0.25) is 4.90 Å². The summed E-state index contributed by atoms with van der Waals surface area (Å²) in [6.07, 6.45) is 5.64. The lowest BCUT2D eigenvalue weighted by atomic mass is 9.96. The highest BCUT2D eigenvalue weighted by Gasteiger charge is 2.25. The van der Waals surface area contributed by atoms with Crippen molar-refractivity contribution < 1.29 is 4.52 Å². The highest BCUT2D eigenvalue weighted by molar-refractivity contribution is 5.66. The summed E-state index contributed by atoms with van der Waals surface area (Å²) in [5, 5.41) is 4.02. The Bertz CT molecular complexity index is 1020. The monoisotopic (exact) mass is 359 g/mol. The molecule has 0 amide bonds. The number of benzene rings is 1. The minimum atomic E-state index is 0.399. The lowest BCUT2D eigenvalue weighted by Gasteiger charge is -2.30. The van der Waals surface area contributed by atoms with E-state index in [4.69, 9.17) is 9.51 Å². The second-order valence-corrected chi connectivity index (χ2v) is 7.04. The third-order valence-electron chi connectivity index (χ3n) is 5.38. The topological polar surface area (TPSA) is 59.5 Å². The average molecular weight is 359 g/mol. The van der Waals surface area contributed by atoms with Gasteiger partial charge in [-0.15, -0.1) is 0 Å². The highest BCUT2D eigenvalue weighted by Crippen LogP contribution is 2.29. The lowest BCUT2D eigenvalue weighted by Crippen LogP contribution is -2.33. The number of imidazole rings is 1. The fraction of sp³-hybridized carbons (Fsp3) is 0.286. The van der Waals surface area contributed by atoms with Crippen molar-refractivity contribution >= 4 is 5.65 Å². The van der Waals surface area contributed by atoms with Crippen LogP contribution in [0.25, 0.3) is 16.9 Å². The van der Waals surface area contributed by atoms with E-state index in [2.05, 4.69) is 62.0 Å². The summed E-state index contributed by atoms with van der Waals surface area (Å²) >= 11 is 0. The van der Waals surface area contributed by atoms with Crippen molar-refractivity contribution in [3.05, 3.63) is 72.6 Å². The molecule has 0 unspecified atom stereocenters. The molecule has 27 heavy (non-hydrogen) atoms. The molecule has 1 aliphatic heterocycles. The zero-order valence-electron chi connectivity index (χ0n) is 15.0. The lowest BCUT2D eigenvalue weighted by molar-refractivity contribution is 0.198. The molecule has 0 bridgehead atoms. The zero-order valence-corrected chi connectivity index (χ0v) is 15.0. The van der Waals surface area contributed by atoms with Crippen molar-refractivity contribution in [1.29, 1.82) is 0 Å². The molecule has 6 nitrogen and oxygen atoms in total. The van der Waals surface area contributed by atoms with Crippen LogP contribution in [0.15, 0.2) is 65.6 Å². The van der Waals surface area contributed by atoms with Gasteiger partial charge in [-0.2, -0.15) is 4.98 Å². The smallest absolute Gasteiger partial charge is 0.213 e. The second-order valence-electron chi connectivity index (χ2n) is 7.04. The second kappa shape index (κ2) is 6.96. The first-order valence-electron chi connectivity index (χ1n) is 9.38. The molecule has 3 aromatic heterocycles. The van der Waals surface area contributed by atoms with Gasteiger partial charge in [-0.05, 0) is 38.1 Å². The number of pyridine rings is 1. The van der Waals surface area contributed by atoms with Crippen molar-refractivity contribution in [3.63, 3.8) is 0 Å². The van der Waals surface area contributed by atoms with Crippen LogP contribution in [0.4, 0.5) is 0 Å². The SMILES string of the molecule is c1ccc(-c2nc3ccccn3c2CN2CCC(c3ncon3)CC2)cc1. The largest absolute Gasteiger partial charge is 0.343 e. The minimum Gasteiger partial charge on any atom is -0.343 e. The Morgan fingerprint density at radius 3 is 2.59 bits per heavy atom. The van der Waals surface area contributed by atoms with Crippen LogP contribution in [0.1, 0.15) is 30.3 Å². The van der Waals surface area contributed by atoms with E-state index in [1.54, 1.807) is 0 Å². The zero-order chi connectivity index (χ0) is 18.1. The number of hydrogen-bond donors (Lipinski definition) is 0. The van der Waals surface area contributed by atoms with Gasteiger partial charge in [0, 0.05) is 24.2 Å². The van der Waals surface area contributed by atoms with E-state index >= 15 is 0 Å². The molecular formula is C21H21N5O. The molecule has 0 radical (unpaired) electrons. The molecule has 1 aliphatic rings. The van der Waals surface area contributed by atoms with Gasteiger partial charge >= 0.3 is 0 Å². The Morgan fingerprint density at radius 2 is 1.81 bits per heavy atom. The maximum atomic E-state index is 4.91. The molecule has 4 heterocycles. The van der Waals surface area contributed by atoms with Crippen LogP contribution in [0.5, 0.6) is 0 Å². The number of piperidine rings is 1. The van der Waals surface area contributed by atoms with Crippen molar-refractivity contribution in [3.8, 4) is 11.3 Å². The van der Waals surface area contributed by atoms with Gasteiger partial charge < -0.3 is 8.92 Å². The first-order valence-corrected chi connectivity index (χ1v) is 9.38. The predicted octanol–water partition coefficient (Wildman–Crippen LogP) is 3.76. The van der Waals surface area contributed by atoms with Gasteiger partial charge in [0.2, 0.25) is 6.39 Å². The first-order chi connectivity index (χ1) is 13.4. The molecule has 0 spiro atoms. The summed E-state index contributed by atoms with van der Waals surface area (Å²) in [7, 11) is 0. The third-order valence-corrected chi connectivity index (χ3v) is 5.38. The molecule has 0 N–H and O–H groups in total. The van der Waals surface area contributed by atoms with Gasteiger partial charge in [-0.25, -0.2) is 4.98 Å². The normalized spacial score (nSPS) is 16.1. The van der Waals surface area contributed by atoms with Crippen molar-refractivity contribution in [2.24, 2.45) is 0 Å². The van der Waals surface area contributed by atoms with E-state index < -0.39 is 0 Å². The van der Waals surface area contributed by atoms with Crippen LogP contribution in [0.3, 0.4) is 0 Å². The van der Waals surface area contributed by atoms with Gasteiger partial charge in [0.1, 0.15) is 5.65 Å². The van der Waals surface area contributed by atoms with E-state index in [9.17, 15) is 0 Å². The molecule has 136 valence electrons. The molecule has 5 rings (SSSR count).